The van der Waals surface area contributed by atoms with Crippen molar-refractivity contribution in [1.29, 1.82) is 0 Å². The molecule has 0 aliphatic carbocycles. The molecule has 0 saturated heterocycles. The van der Waals surface area contributed by atoms with Crippen molar-refractivity contribution in [2.75, 3.05) is 24.0 Å². The fourth-order valence-corrected chi connectivity index (χ4v) is 4.85. The highest BCUT2D eigenvalue weighted by molar-refractivity contribution is 6.30. The predicted octanol–water partition coefficient (Wildman–Crippen LogP) is 3.39. The van der Waals surface area contributed by atoms with E-state index in [0.717, 1.165) is 18.2 Å². The van der Waals surface area contributed by atoms with Gasteiger partial charge >= 0.3 is 6.09 Å². The van der Waals surface area contributed by atoms with Gasteiger partial charge in [-0.05, 0) is 66.1 Å². The summed E-state index contributed by atoms with van der Waals surface area (Å²) in [6.07, 6.45) is 4.31. The molecule has 0 unspecified atom stereocenters. The smallest absolute Gasteiger partial charge is 0.413 e. The van der Waals surface area contributed by atoms with E-state index in [-0.39, 0.29) is 11.5 Å². The highest BCUT2D eigenvalue weighted by atomic mass is 35.5. The van der Waals surface area contributed by atoms with Crippen LogP contribution in [-0.4, -0.2) is 48.7 Å². The van der Waals surface area contributed by atoms with Gasteiger partial charge in [0.25, 0.3) is 11.8 Å². The number of hydrazone groups is 1. The second-order valence-electron chi connectivity index (χ2n) is 9.27. The summed E-state index contributed by atoms with van der Waals surface area (Å²) in [5, 5.41) is 11.0. The lowest BCUT2D eigenvalue weighted by Crippen LogP contribution is -2.44. The SMILES string of the molecule is COC(=O)NC(=O)c1ccc(NC(=O)[C@H]2c3ccccc3CCN2C(=O)/C=C/c2cc(Cl)ccc2N2C=NNN2)cc1. The molecule has 2 heterocycles. The number of alkyl carbamates (subject to hydrolysis) is 1. The summed E-state index contributed by atoms with van der Waals surface area (Å²) in [7, 11) is 1.15. The standard InChI is InChI=1S/C29H26ClN7O5/c1-42-29(41)33-27(39)19-6-10-22(11-7-19)32-28(40)26-23-5-3-2-4-18(23)14-15-36(26)25(38)13-8-20-16-21(30)9-12-24(20)37-17-31-34-35-37/h2-13,16-17,26,34-35H,14-15H2,1H3,(H,32,40)(H,33,39,41)/b13-8+/t26-/m1/s1. The van der Waals surface area contributed by atoms with Crippen molar-refractivity contribution in [1.82, 2.24) is 21.3 Å². The van der Waals surface area contributed by atoms with Crippen molar-refractivity contribution in [3.63, 3.8) is 0 Å². The number of fused-ring (bicyclic) bond motifs is 1. The lowest BCUT2D eigenvalue weighted by molar-refractivity contribution is -0.135. The van der Waals surface area contributed by atoms with E-state index < -0.39 is 23.9 Å². The van der Waals surface area contributed by atoms with Crippen LogP contribution in [-0.2, 0) is 20.7 Å². The molecule has 0 bridgehead atoms. The van der Waals surface area contributed by atoms with E-state index in [9.17, 15) is 19.2 Å². The number of methoxy groups -OCH3 is 1. The molecule has 0 fully saturated rings. The first-order valence-electron chi connectivity index (χ1n) is 12.8. The largest absolute Gasteiger partial charge is 0.453 e. The van der Waals surface area contributed by atoms with E-state index in [2.05, 4.69) is 31.5 Å². The fraction of sp³-hybridized carbons (Fsp3) is 0.138. The quantitative estimate of drug-likeness (QED) is 0.321. The van der Waals surface area contributed by atoms with E-state index in [1.165, 1.54) is 35.2 Å². The summed E-state index contributed by atoms with van der Waals surface area (Å²) >= 11 is 6.23. The molecular weight excluding hydrogens is 562 g/mol. The predicted molar refractivity (Wildman–Crippen MR) is 157 cm³/mol. The summed E-state index contributed by atoms with van der Waals surface area (Å²) in [6, 6.07) is 17.8. The van der Waals surface area contributed by atoms with E-state index in [0.29, 0.717) is 34.9 Å². The van der Waals surface area contributed by atoms with Gasteiger partial charge in [0.15, 0.2) is 0 Å². The molecule has 12 nitrogen and oxygen atoms in total. The minimum absolute atomic E-state index is 0.204. The Bertz CT molecular complexity index is 1590. The fourth-order valence-electron chi connectivity index (χ4n) is 4.67. The molecule has 1 atom stereocenters. The van der Waals surface area contributed by atoms with Gasteiger partial charge in [-0.15, -0.1) is 5.53 Å². The minimum Gasteiger partial charge on any atom is -0.453 e. The summed E-state index contributed by atoms with van der Waals surface area (Å²) in [4.78, 5) is 52.2. The Balaban J connectivity index is 1.37. The summed E-state index contributed by atoms with van der Waals surface area (Å²) in [5.41, 5.74) is 9.17. The number of hydrazine groups is 2. The number of benzene rings is 3. The summed E-state index contributed by atoms with van der Waals surface area (Å²) in [5.74, 6) is -1.41. The van der Waals surface area contributed by atoms with Gasteiger partial charge in [-0.3, -0.25) is 19.7 Å². The molecule has 0 radical (unpaired) electrons. The third kappa shape index (κ3) is 6.24. The Labute approximate surface area is 245 Å². The van der Waals surface area contributed by atoms with Gasteiger partial charge in [0, 0.05) is 34.5 Å². The summed E-state index contributed by atoms with van der Waals surface area (Å²) < 4.78 is 4.44. The molecule has 13 heteroatoms. The van der Waals surface area contributed by atoms with Crippen LogP contribution >= 0.6 is 11.6 Å². The van der Waals surface area contributed by atoms with Gasteiger partial charge < -0.3 is 15.0 Å². The molecule has 0 saturated carbocycles. The van der Waals surface area contributed by atoms with Crippen LogP contribution in [0, 0.1) is 0 Å². The van der Waals surface area contributed by atoms with Gasteiger partial charge in [-0.1, -0.05) is 35.9 Å². The Morgan fingerprint density at radius 1 is 1.07 bits per heavy atom. The van der Waals surface area contributed by atoms with Crippen LogP contribution in [0.5, 0.6) is 0 Å². The first kappa shape index (κ1) is 28.3. The Morgan fingerprint density at radius 3 is 2.60 bits per heavy atom. The zero-order valence-electron chi connectivity index (χ0n) is 22.3. The maximum atomic E-state index is 13.7. The number of hydrogen-bond donors (Lipinski definition) is 4. The number of anilines is 2. The molecule has 42 heavy (non-hydrogen) atoms. The van der Waals surface area contributed by atoms with Crippen molar-refractivity contribution in [3.8, 4) is 0 Å². The van der Waals surface area contributed by atoms with Crippen LogP contribution in [0.3, 0.4) is 0 Å². The van der Waals surface area contributed by atoms with Crippen LogP contribution in [0.1, 0.15) is 33.1 Å². The van der Waals surface area contributed by atoms with Gasteiger partial charge in [-0.25, -0.2) is 15.3 Å². The molecule has 0 aromatic heterocycles. The average molecular weight is 588 g/mol. The Morgan fingerprint density at radius 2 is 1.86 bits per heavy atom. The number of halogens is 1. The van der Waals surface area contributed by atoms with Gasteiger partial charge in [-0.2, -0.15) is 5.10 Å². The number of ether oxygens (including phenoxy) is 1. The maximum Gasteiger partial charge on any atom is 0.413 e. The number of imide groups is 1. The first-order chi connectivity index (χ1) is 20.3. The number of carbonyl (C=O) groups excluding carboxylic acids is 4. The third-order valence-corrected chi connectivity index (χ3v) is 6.93. The number of rotatable bonds is 6. The monoisotopic (exact) mass is 587 g/mol. The zero-order valence-corrected chi connectivity index (χ0v) is 23.1. The van der Waals surface area contributed by atoms with Crippen LogP contribution in [0.4, 0.5) is 16.2 Å². The normalized spacial score (nSPS) is 15.6. The van der Waals surface area contributed by atoms with Crippen molar-refractivity contribution < 1.29 is 23.9 Å². The molecular formula is C29H26ClN7O5. The number of hydrogen-bond acceptors (Lipinski definition) is 9. The highest BCUT2D eigenvalue weighted by Crippen LogP contribution is 2.32. The van der Waals surface area contributed by atoms with Crippen LogP contribution < -0.4 is 26.7 Å². The van der Waals surface area contributed by atoms with Crippen LogP contribution in [0.25, 0.3) is 6.08 Å². The van der Waals surface area contributed by atoms with Crippen molar-refractivity contribution in [2.45, 2.75) is 12.5 Å². The van der Waals surface area contributed by atoms with Crippen molar-refractivity contribution in [3.05, 3.63) is 100 Å². The summed E-state index contributed by atoms with van der Waals surface area (Å²) in [6.45, 7) is 0.331. The zero-order chi connectivity index (χ0) is 29.6. The number of amides is 4. The molecule has 214 valence electrons. The number of nitrogens with one attached hydrogen (secondary N) is 4. The molecule has 0 spiro atoms. The molecule has 2 aliphatic heterocycles. The topological polar surface area (TPSA) is 144 Å². The first-order valence-corrected chi connectivity index (χ1v) is 13.2. The van der Waals surface area contributed by atoms with E-state index in [4.69, 9.17) is 11.6 Å². The Kier molecular flexibility index (Phi) is 8.46. The van der Waals surface area contributed by atoms with E-state index in [1.54, 1.807) is 35.6 Å². The van der Waals surface area contributed by atoms with Gasteiger partial charge in [0.1, 0.15) is 12.4 Å². The van der Waals surface area contributed by atoms with E-state index >= 15 is 0 Å². The molecule has 5 rings (SSSR count). The van der Waals surface area contributed by atoms with Crippen LogP contribution in [0.2, 0.25) is 5.02 Å². The highest BCUT2D eigenvalue weighted by Gasteiger charge is 2.35. The molecule has 3 aromatic rings. The van der Waals surface area contributed by atoms with Gasteiger partial charge in [0.2, 0.25) is 5.91 Å². The minimum atomic E-state index is -0.898. The molecule has 4 N–H and O–H groups in total. The molecule has 4 amide bonds. The lowest BCUT2D eigenvalue weighted by atomic mass is 9.91. The molecule has 3 aromatic carbocycles. The van der Waals surface area contributed by atoms with Gasteiger partial charge in [0.05, 0.1) is 12.8 Å². The van der Waals surface area contributed by atoms with E-state index in [1.807, 2.05) is 24.3 Å². The van der Waals surface area contributed by atoms with Crippen molar-refractivity contribution >= 4 is 59.2 Å². The van der Waals surface area contributed by atoms with Crippen molar-refractivity contribution in [2.24, 2.45) is 5.10 Å². The Hall–Kier alpha value is -5.20. The molecule has 2 aliphatic rings. The number of nitrogens with zero attached hydrogens (tertiary/aromatic N) is 3. The average Bonchev–Trinajstić information content (AvgIpc) is 3.54. The number of carbonyl (C=O) groups is 4. The second kappa shape index (κ2) is 12.5. The lowest BCUT2D eigenvalue weighted by Gasteiger charge is -2.35. The maximum absolute atomic E-state index is 13.7. The second-order valence-corrected chi connectivity index (χ2v) is 9.71. The third-order valence-electron chi connectivity index (χ3n) is 6.69. The van der Waals surface area contributed by atoms with Crippen LogP contribution in [0.15, 0.2) is 77.9 Å².